The zero-order valence-electron chi connectivity index (χ0n) is 17.2. The van der Waals surface area contributed by atoms with Gasteiger partial charge in [-0.3, -0.25) is 4.79 Å². The van der Waals surface area contributed by atoms with Crippen molar-refractivity contribution in [2.75, 3.05) is 44.2 Å². The summed E-state index contributed by atoms with van der Waals surface area (Å²) in [6, 6.07) is 3.02. The highest BCUT2D eigenvalue weighted by Gasteiger charge is 2.30. The van der Waals surface area contributed by atoms with Crippen LogP contribution in [0.2, 0.25) is 0 Å². The molecule has 2 saturated heterocycles. The van der Waals surface area contributed by atoms with Crippen LogP contribution in [0.3, 0.4) is 0 Å². The Labute approximate surface area is 178 Å². The minimum Gasteiger partial charge on any atom is -0.477 e. The van der Waals surface area contributed by atoms with Gasteiger partial charge in [0, 0.05) is 56.9 Å². The fraction of sp³-hybridized carbons (Fsp3) is 0.500. The smallest absolute Gasteiger partial charge is 0.341 e. The van der Waals surface area contributed by atoms with E-state index in [2.05, 4.69) is 0 Å². The number of piperazine rings is 1. The van der Waals surface area contributed by atoms with E-state index in [-0.39, 0.29) is 23.0 Å². The number of aromatic carboxylic acids is 1. The van der Waals surface area contributed by atoms with Crippen molar-refractivity contribution >= 4 is 28.6 Å². The molecular weight excluding hydrogens is 403 g/mol. The molecule has 3 heterocycles. The van der Waals surface area contributed by atoms with E-state index in [1.807, 2.05) is 14.7 Å². The molecule has 1 saturated carbocycles. The first-order valence-corrected chi connectivity index (χ1v) is 10.8. The lowest BCUT2D eigenvalue weighted by molar-refractivity contribution is 0.0694. The van der Waals surface area contributed by atoms with Crippen molar-refractivity contribution in [3.05, 3.63) is 39.9 Å². The highest BCUT2D eigenvalue weighted by Crippen LogP contribution is 2.38. The lowest BCUT2D eigenvalue weighted by atomic mass is 10.1. The number of nitrogens with zero attached hydrogens (tertiary/aromatic N) is 4. The molecule has 5 rings (SSSR count). The van der Waals surface area contributed by atoms with Gasteiger partial charge in [-0.05, 0) is 37.8 Å². The highest BCUT2D eigenvalue weighted by atomic mass is 19.1. The number of aromatic nitrogens is 1. The highest BCUT2D eigenvalue weighted by molar-refractivity contribution is 5.93. The number of carbonyl (C=O) groups is 2. The summed E-state index contributed by atoms with van der Waals surface area (Å²) in [7, 11) is 0. The Balaban J connectivity index is 1.44. The molecule has 2 aliphatic heterocycles. The number of carboxylic acid groups (broad SMARTS) is 1. The van der Waals surface area contributed by atoms with Crippen molar-refractivity contribution in [1.29, 1.82) is 0 Å². The largest absolute Gasteiger partial charge is 0.477 e. The first kappa shape index (κ1) is 19.8. The second kappa shape index (κ2) is 7.55. The number of carbonyl (C=O) groups excluding carboxylic acids is 1. The number of hydrogen-bond donors (Lipinski definition) is 1. The van der Waals surface area contributed by atoms with Gasteiger partial charge in [0.1, 0.15) is 11.4 Å². The van der Waals surface area contributed by atoms with Crippen molar-refractivity contribution < 1.29 is 19.1 Å². The molecule has 0 spiro atoms. The number of hydrogen-bond acceptors (Lipinski definition) is 4. The number of benzene rings is 1. The zero-order valence-corrected chi connectivity index (χ0v) is 17.2. The number of urea groups is 1. The van der Waals surface area contributed by atoms with Gasteiger partial charge in [0.05, 0.1) is 11.2 Å². The molecule has 3 aliphatic rings. The Morgan fingerprint density at radius 3 is 2.23 bits per heavy atom. The number of likely N-dealkylation sites (tertiary alicyclic amines) is 1. The maximum Gasteiger partial charge on any atom is 0.341 e. The van der Waals surface area contributed by atoms with Crippen molar-refractivity contribution in [3.8, 4) is 0 Å². The third-order valence-corrected chi connectivity index (χ3v) is 6.54. The maximum absolute atomic E-state index is 15.0. The SMILES string of the molecule is O=C(O)c1cn(C2CC2)c2cc(N3CCN(C(=O)N4CCCC4)CC3)c(F)cc2c1=O. The van der Waals surface area contributed by atoms with Gasteiger partial charge >= 0.3 is 12.0 Å². The molecule has 31 heavy (non-hydrogen) atoms. The predicted molar refractivity (Wildman–Crippen MR) is 113 cm³/mol. The molecule has 1 aromatic carbocycles. The summed E-state index contributed by atoms with van der Waals surface area (Å²) in [5, 5.41) is 9.47. The minimum absolute atomic E-state index is 0.0555. The molecule has 8 nitrogen and oxygen atoms in total. The molecule has 9 heteroatoms. The fourth-order valence-electron chi connectivity index (χ4n) is 4.66. The van der Waals surface area contributed by atoms with Crippen LogP contribution < -0.4 is 10.3 Å². The van der Waals surface area contributed by atoms with E-state index in [9.17, 15) is 19.5 Å². The summed E-state index contributed by atoms with van der Waals surface area (Å²) in [4.78, 5) is 42.3. The third-order valence-electron chi connectivity index (χ3n) is 6.54. The first-order chi connectivity index (χ1) is 14.9. The molecule has 1 N–H and O–H groups in total. The molecule has 2 aromatic rings. The second-order valence-electron chi connectivity index (χ2n) is 8.59. The van der Waals surface area contributed by atoms with Crippen LogP contribution in [0, 0.1) is 5.82 Å². The van der Waals surface area contributed by atoms with Crippen molar-refractivity contribution in [2.45, 2.75) is 31.7 Å². The van der Waals surface area contributed by atoms with E-state index in [4.69, 9.17) is 0 Å². The Kier molecular flexibility index (Phi) is 4.83. The van der Waals surface area contributed by atoms with Gasteiger partial charge in [0.15, 0.2) is 0 Å². The molecule has 1 aromatic heterocycles. The summed E-state index contributed by atoms with van der Waals surface area (Å²) >= 11 is 0. The van der Waals surface area contributed by atoms with Crippen molar-refractivity contribution in [1.82, 2.24) is 14.4 Å². The molecule has 0 atom stereocenters. The van der Waals surface area contributed by atoms with Crippen LogP contribution in [0.1, 0.15) is 42.1 Å². The number of halogens is 1. The standard InChI is InChI=1S/C22H25FN4O4/c23-17-11-15-18(27(14-3-4-14)13-16(20(15)28)21(29)30)12-19(17)24-7-9-26(10-8-24)22(31)25-5-1-2-6-25/h11-14H,1-10H2,(H,29,30). The van der Waals surface area contributed by atoms with Gasteiger partial charge in [-0.1, -0.05) is 0 Å². The first-order valence-electron chi connectivity index (χ1n) is 10.8. The van der Waals surface area contributed by atoms with E-state index in [1.54, 1.807) is 10.6 Å². The monoisotopic (exact) mass is 428 g/mol. The van der Waals surface area contributed by atoms with E-state index in [0.29, 0.717) is 37.4 Å². The Bertz CT molecular complexity index is 1110. The number of carboxylic acids is 1. The summed E-state index contributed by atoms with van der Waals surface area (Å²) in [6.07, 6.45) is 5.28. The maximum atomic E-state index is 15.0. The number of fused-ring (bicyclic) bond motifs is 1. The lowest BCUT2D eigenvalue weighted by Crippen LogP contribution is -2.52. The molecular formula is C22H25FN4O4. The Hall–Kier alpha value is -3.10. The van der Waals surface area contributed by atoms with Gasteiger partial charge in [0.25, 0.3) is 0 Å². The van der Waals surface area contributed by atoms with E-state index >= 15 is 4.39 Å². The van der Waals surface area contributed by atoms with E-state index in [0.717, 1.165) is 38.8 Å². The van der Waals surface area contributed by atoms with Gasteiger partial charge in [-0.15, -0.1) is 0 Å². The molecule has 1 aliphatic carbocycles. The average Bonchev–Trinajstić information content (AvgIpc) is 3.46. The minimum atomic E-state index is -1.30. The van der Waals surface area contributed by atoms with Crippen LogP contribution >= 0.6 is 0 Å². The molecule has 164 valence electrons. The van der Waals surface area contributed by atoms with Gasteiger partial charge < -0.3 is 24.4 Å². The van der Waals surface area contributed by atoms with Crippen LogP contribution in [0.4, 0.5) is 14.9 Å². The van der Waals surface area contributed by atoms with Crippen LogP contribution in [0.15, 0.2) is 23.1 Å². The Morgan fingerprint density at radius 1 is 0.968 bits per heavy atom. The van der Waals surface area contributed by atoms with Gasteiger partial charge in [0.2, 0.25) is 5.43 Å². The average molecular weight is 428 g/mol. The van der Waals surface area contributed by atoms with E-state index in [1.165, 1.54) is 12.3 Å². The number of rotatable bonds is 3. The summed E-state index contributed by atoms with van der Waals surface area (Å²) in [6.45, 7) is 3.64. The normalized spacial score (nSPS) is 19.3. The zero-order chi connectivity index (χ0) is 21.7. The van der Waals surface area contributed by atoms with Crippen LogP contribution in [0.25, 0.3) is 10.9 Å². The van der Waals surface area contributed by atoms with Gasteiger partial charge in [-0.2, -0.15) is 0 Å². The van der Waals surface area contributed by atoms with Crippen molar-refractivity contribution in [3.63, 3.8) is 0 Å². The third kappa shape index (κ3) is 3.51. The Morgan fingerprint density at radius 2 is 1.61 bits per heavy atom. The molecule has 0 unspecified atom stereocenters. The molecule has 0 bridgehead atoms. The van der Waals surface area contributed by atoms with Crippen LogP contribution in [-0.4, -0.2) is 70.7 Å². The fourth-order valence-corrected chi connectivity index (χ4v) is 4.66. The molecule has 3 fully saturated rings. The van der Waals surface area contributed by atoms with Crippen molar-refractivity contribution in [2.24, 2.45) is 0 Å². The van der Waals surface area contributed by atoms with Crippen LogP contribution in [-0.2, 0) is 0 Å². The number of pyridine rings is 1. The van der Waals surface area contributed by atoms with E-state index < -0.39 is 17.2 Å². The number of amides is 2. The van der Waals surface area contributed by atoms with Gasteiger partial charge in [-0.25, -0.2) is 14.0 Å². The summed E-state index contributed by atoms with van der Waals surface area (Å²) < 4.78 is 16.8. The number of anilines is 1. The van der Waals surface area contributed by atoms with Crippen LogP contribution in [0.5, 0.6) is 0 Å². The second-order valence-corrected chi connectivity index (χ2v) is 8.59. The molecule has 0 radical (unpaired) electrons. The summed E-state index contributed by atoms with van der Waals surface area (Å²) in [5.41, 5.74) is -0.0476. The quantitative estimate of drug-likeness (QED) is 0.812. The molecule has 2 amide bonds. The topological polar surface area (TPSA) is 86.1 Å². The predicted octanol–water partition coefficient (Wildman–Crippen LogP) is 2.51. The summed E-state index contributed by atoms with van der Waals surface area (Å²) in [5.74, 6) is -1.85. The lowest BCUT2D eigenvalue weighted by Gasteiger charge is -2.38.